The minimum absolute atomic E-state index is 0.0301. The van der Waals surface area contributed by atoms with Crippen LogP contribution in [-0.2, 0) is 25.8 Å². The van der Waals surface area contributed by atoms with Crippen LogP contribution in [0, 0.1) is 0 Å². The van der Waals surface area contributed by atoms with E-state index in [2.05, 4.69) is 5.32 Å². The summed E-state index contributed by atoms with van der Waals surface area (Å²) in [6, 6.07) is 2.62. The molecule has 28 heavy (non-hydrogen) atoms. The number of hydrogen-bond acceptors (Lipinski definition) is 6. The first-order chi connectivity index (χ1) is 13.2. The maximum Gasteiger partial charge on any atom is 0.244 e. The second-order valence-corrected chi connectivity index (χ2v) is 9.61. The highest BCUT2D eigenvalue weighted by atomic mass is 35.5. The van der Waals surface area contributed by atoms with Crippen molar-refractivity contribution in [3.05, 3.63) is 22.7 Å². The fourth-order valence-electron chi connectivity index (χ4n) is 3.13. The third kappa shape index (κ3) is 5.08. The maximum absolute atomic E-state index is 12.4. The SMILES string of the molecule is CC(NC(=O)Cc1cc(Cl)c2c(c1)OCCCO2)C(=O)N1CCS(=O)(=O)CC1. The van der Waals surface area contributed by atoms with Crippen molar-refractivity contribution >= 4 is 33.3 Å². The van der Waals surface area contributed by atoms with E-state index in [9.17, 15) is 18.0 Å². The molecule has 2 heterocycles. The van der Waals surface area contributed by atoms with Crippen molar-refractivity contribution in [3.63, 3.8) is 0 Å². The molecule has 1 fully saturated rings. The Morgan fingerprint density at radius 3 is 2.61 bits per heavy atom. The van der Waals surface area contributed by atoms with Gasteiger partial charge in [-0.1, -0.05) is 11.6 Å². The second kappa shape index (κ2) is 8.57. The van der Waals surface area contributed by atoms with Crippen LogP contribution >= 0.6 is 11.6 Å². The molecule has 1 unspecified atom stereocenters. The average Bonchev–Trinajstić information content (AvgIpc) is 2.87. The van der Waals surface area contributed by atoms with Gasteiger partial charge >= 0.3 is 0 Å². The van der Waals surface area contributed by atoms with E-state index in [1.807, 2.05) is 0 Å². The van der Waals surface area contributed by atoms with Crippen LogP contribution in [-0.4, -0.2) is 69.0 Å². The lowest BCUT2D eigenvalue weighted by atomic mass is 10.1. The van der Waals surface area contributed by atoms with E-state index in [1.165, 1.54) is 4.90 Å². The molecule has 2 aliphatic heterocycles. The summed E-state index contributed by atoms with van der Waals surface area (Å²) in [4.78, 5) is 26.3. The molecule has 3 rings (SSSR count). The summed E-state index contributed by atoms with van der Waals surface area (Å²) >= 11 is 6.24. The molecule has 2 amide bonds. The number of sulfone groups is 1. The summed E-state index contributed by atoms with van der Waals surface area (Å²) in [5, 5.41) is 3.04. The number of nitrogens with zero attached hydrogens (tertiary/aromatic N) is 1. The second-order valence-electron chi connectivity index (χ2n) is 6.90. The normalized spacial score (nSPS) is 19.4. The first kappa shape index (κ1) is 20.7. The summed E-state index contributed by atoms with van der Waals surface area (Å²) in [5.41, 5.74) is 0.649. The van der Waals surface area contributed by atoms with Crippen molar-refractivity contribution in [2.24, 2.45) is 0 Å². The monoisotopic (exact) mass is 430 g/mol. The Labute approximate surface area is 169 Å². The van der Waals surface area contributed by atoms with E-state index in [-0.39, 0.29) is 42.8 Å². The van der Waals surface area contributed by atoms with E-state index in [1.54, 1.807) is 19.1 Å². The number of fused-ring (bicyclic) bond motifs is 1. The molecule has 0 aliphatic carbocycles. The Morgan fingerprint density at radius 2 is 1.89 bits per heavy atom. The van der Waals surface area contributed by atoms with Gasteiger partial charge in [0.25, 0.3) is 0 Å². The third-order valence-corrected chi connectivity index (χ3v) is 6.52. The Bertz CT molecular complexity index is 859. The molecule has 1 N–H and O–H groups in total. The number of nitrogens with one attached hydrogen (secondary N) is 1. The van der Waals surface area contributed by atoms with Crippen molar-refractivity contribution < 1.29 is 27.5 Å². The van der Waals surface area contributed by atoms with Gasteiger partial charge in [-0.05, 0) is 24.6 Å². The van der Waals surface area contributed by atoms with Crippen LogP contribution in [0.2, 0.25) is 5.02 Å². The number of rotatable bonds is 4. The van der Waals surface area contributed by atoms with Gasteiger partial charge in [0, 0.05) is 19.5 Å². The van der Waals surface area contributed by atoms with Gasteiger partial charge in [0.1, 0.15) is 6.04 Å². The maximum atomic E-state index is 12.4. The summed E-state index contributed by atoms with van der Waals surface area (Å²) < 4.78 is 34.1. The number of halogens is 1. The molecular weight excluding hydrogens is 408 g/mol. The van der Waals surface area contributed by atoms with Gasteiger partial charge in [0.15, 0.2) is 21.3 Å². The number of ether oxygens (including phenoxy) is 2. The summed E-state index contributed by atoms with van der Waals surface area (Å²) in [6.45, 7) is 2.92. The molecule has 10 heteroatoms. The molecule has 154 valence electrons. The molecule has 2 aliphatic rings. The van der Waals surface area contributed by atoms with Crippen LogP contribution in [0.1, 0.15) is 18.9 Å². The lowest BCUT2D eigenvalue weighted by Gasteiger charge is -2.29. The van der Waals surface area contributed by atoms with E-state index in [4.69, 9.17) is 21.1 Å². The minimum Gasteiger partial charge on any atom is -0.489 e. The summed E-state index contributed by atoms with van der Waals surface area (Å²) in [7, 11) is -3.07. The molecule has 1 aromatic carbocycles. The van der Waals surface area contributed by atoms with Crippen molar-refractivity contribution in [1.29, 1.82) is 0 Å². The fourth-order valence-corrected chi connectivity index (χ4v) is 4.62. The fraction of sp³-hybridized carbons (Fsp3) is 0.556. The average molecular weight is 431 g/mol. The lowest BCUT2D eigenvalue weighted by molar-refractivity contribution is -0.135. The molecule has 1 saturated heterocycles. The van der Waals surface area contributed by atoms with Crippen LogP contribution in [0.3, 0.4) is 0 Å². The highest BCUT2D eigenvalue weighted by Gasteiger charge is 2.28. The molecule has 0 saturated carbocycles. The van der Waals surface area contributed by atoms with Gasteiger partial charge < -0.3 is 19.7 Å². The van der Waals surface area contributed by atoms with Crippen LogP contribution < -0.4 is 14.8 Å². The van der Waals surface area contributed by atoms with Crippen LogP contribution in [0.25, 0.3) is 0 Å². The zero-order valence-corrected chi connectivity index (χ0v) is 17.1. The topological polar surface area (TPSA) is 102 Å². The quantitative estimate of drug-likeness (QED) is 0.758. The van der Waals surface area contributed by atoms with Crippen LogP contribution in [0.15, 0.2) is 12.1 Å². The number of hydrogen-bond donors (Lipinski definition) is 1. The van der Waals surface area contributed by atoms with E-state index in [0.717, 1.165) is 6.42 Å². The predicted molar refractivity (Wildman–Crippen MR) is 104 cm³/mol. The number of benzene rings is 1. The van der Waals surface area contributed by atoms with Gasteiger partial charge in [0.05, 0.1) is 36.2 Å². The van der Waals surface area contributed by atoms with E-state index in [0.29, 0.717) is 35.3 Å². The lowest BCUT2D eigenvalue weighted by Crippen LogP contribution is -2.51. The minimum atomic E-state index is -3.07. The van der Waals surface area contributed by atoms with Crippen molar-refractivity contribution in [2.45, 2.75) is 25.8 Å². The van der Waals surface area contributed by atoms with Gasteiger partial charge in [-0.15, -0.1) is 0 Å². The molecular formula is C18H23ClN2O6S. The Kier molecular flexibility index (Phi) is 6.34. The van der Waals surface area contributed by atoms with Crippen LogP contribution in [0.5, 0.6) is 11.5 Å². The summed E-state index contributed by atoms with van der Waals surface area (Å²) in [6.07, 6.45) is 0.778. The van der Waals surface area contributed by atoms with Gasteiger partial charge in [-0.3, -0.25) is 9.59 Å². The largest absolute Gasteiger partial charge is 0.489 e. The number of carbonyl (C=O) groups excluding carboxylic acids is 2. The molecule has 8 nitrogen and oxygen atoms in total. The summed E-state index contributed by atoms with van der Waals surface area (Å²) in [5.74, 6) is 0.263. The third-order valence-electron chi connectivity index (χ3n) is 4.63. The molecule has 0 radical (unpaired) electrons. The van der Waals surface area contributed by atoms with Crippen molar-refractivity contribution in [1.82, 2.24) is 10.2 Å². The zero-order chi connectivity index (χ0) is 20.3. The zero-order valence-electron chi connectivity index (χ0n) is 15.6. The first-order valence-electron chi connectivity index (χ1n) is 9.12. The van der Waals surface area contributed by atoms with Gasteiger partial charge in [0.2, 0.25) is 11.8 Å². The smallest absolute Gasteiger partial charge is 0.244 e. The molecule has 1 atom stereocenters. The number of amides is 2. The van der Waals surface area contributed by atoms with Crippen LogP contribution in [0.4, 0.5) is 0 Å². The Balaban J connectivity index is 1.58. The van der Waals surface area contributed by atoms with Crippen molar-refractivity contribution in [2.75, 3.05) is 37.8 Å². The molecule has 0 spiro atoms. The number of carbonyl (C=O) groups is 2. The standard InChI is InChI=1S/C18H23ClN2O6S/c1-12(18(23)21-3-7-28(24,25)8-4-21)20-16(22)11-13-9-14(19)17-15(10-13)26-5-2-6-27-17/h9-10,12H,2-8,11H2,1H3,(H,20,22). The molecule has 1 aromatic rings. The van der Waals surface area contributed by atoms with E-state index >= 15 is 0 Å². The molecule has 0 aromatic heterocycles. The predicted octanol–water partition coefficient (Wildman–Crippen LogP) is 0.805. The Hall–Kier alpha value is -2.00. The van der Waals surface area contributed by atoms with Crippen molar-refractivity contribution in [3.8, 4) is 11.5 Å². The highest BCUT2D eigenvalue weighted by Crippen LogP contribution is 2.38. The molecule has 0 bridgehead atoms. The van der Waals surface area contributed by atoms with Gasteiger partial charge in [-0.25, -0.2) is 8.42 Å². The highest BCUT2D eigenvalue weighted by molar-refractivity contribution is 7.91. The van der Waals surface area contributed by atoms with E-state index < -0.39 is 15.9 Å². The van der Waals surface area contributed by atoms with Gasteiger partial charge in [-0.2, -0.15) is 0 Å². The Morgan fingerprint density at radius 1 is 1.21 bits per heavy atom. The first-order valence-corrected chi connectivity index (χ1v) is 11.3.